The van der Waals surface area contributed by atoms with E-state index >= 15 is 0 Å². The molecule has 1 aromatic carbocycles. The van der Waals surface area contributed by atoms with Crippen molar-refractivity contribution in [2.24, 2.45) is 10.8 Å². The van der Waals surface area contributed by atoms with Crippen molar-refractivity contribution in [3.63, 3.8) is 0 Å². The van der Waals surface area contributed by atoms with Crippen LogP contribution in [0.1, 0.15) is 6.42 Å². The van der Waals surface area contributed by atoms with E-state index in [1.807, 2.05) is 30.3 Å². The van der Waals surface area contributed by atoms with Gasteiger partial charge in [-0.2, -0.15) is 5.01 Å². The first-order valence-corrected chi connectivity index (χ1v) is 5.09. The van der Waals surface area contributed by atoms with E-state index in [1.165, 1.54) is 0 Å². The lowest BCUT2D eigenvalue weighted by Gasteiger charge is -2.14. The van der Waals surface area contributed by atoms with E-state index in [4.69, 9.17) is 18.0 Å². The molecule has 0 fully saturated rings. The summed E-state index contributed by atoms with van der Waals surface area (Å²) in [5.74, 6) is 0.0631. The van der Waals surface area contributed by atoms with Gasteiger partial charge in [-0.3, -0.25) is 4.79 Å². The second kappa shape index (κ2) is 4.28. The van der Waals surface area contributed by atoms with Gasteiger partial charge >= 0.3 is 0 Å². The molecule has 5 nitrogen and oxygen atoms in total. The van der Waals surface area contributed by atoms with Crippen molar-refractivity contribution < 1.29 is 4.79 Å². The zero-order valence-electron chi connectivity index (χ0n) is 8.38. The summed E-state index contributed by atoms with van der Waals surface area (Å²) in [5, 5.41) is 8.09. The van der Waals surface area contributed by atoms with Crippen LogP contribution in [0.25, 0.3) is 0 Å². The summed E-state index contributed by atoms with van der Waals surface area (Å²) in [7, 11) is 0. The molecule has 0 aliphatic carbocycles. The molecule has 0 unspecified atom stereocenters. The lowest BCUT2D eigenvalue weighted by atomic mass is 10.3. The SMILES string of the molecule is NC1=NN(C(=S)Nc2ccccc2)C(=O)C1. The Morgan fingerprint density at radius 2 is 2.12 bits per heavy atom. The number of para-hydroxylation sites is 1. The standard InChI is InChI=1S/C10H10N4OS/c11-8-6-9(15)14(13-8)10(16)12-7-4-2-1-3-5-7/h1-5H,6H2,(H2,11,13)(H,12,16). The molecule has 2 rings (SSSR count). The maximum Gasteiger partial charge on any atom is 0.257 e. The molecule has 1 aliphatic rings. The molecule has 1 aromatic rings. The van der Waals surface area contributed by atoms with E-state index in [9.17, 15) is 4.79 Å². The van der Waals surface area contributed by atoms with Gasteiger partial charge in [0.2, 0.25) is 5.11 Å². The number of hydrazone groups is 1. The molecule has 0 bridgehead atoms. The van der Waals surface area contributed by atoms with E-state index in [1.54, 1.807) is 0 Å². The summed E-state index contributed by atoms with van der Waals surface area (Å²) in [6.45, 7) is 0. The molecule has 1 amide bonds. The predicted molar refractivity (Wildman–Crippen MR) is 65.7 cm³/mol. The highest BCUT2D eigenvalue weighted by Crippen LogP contribution is 2.11. The number of carbonyl (C=O) groups is 1. The molecular formula is C10H10N4OS. The number of carbonyl (C=O) groups excluding carboxylic acids is 1. The lowest BCUT2D eigenvalue weighted by Crippen LogP contribution is -2.32. The van der Waals surface area contributed by atoms with Gasteiger partial charge in [0.25, 0.3) is 5.91 Å². The fourth-order valence-corrected chi connectivity index (χ4v) is 1.57. The molecular weight excluding hydrogens is 224 g/mol. The Morgan fingerprint density at radius 3 is 2.69 bits per heavy atom. The Balaban J connectivity index is 2.07. The summed E-state index contributed by atoms with van der Waals surface area (Å²) >= 11 is 5.06. The highest BCUT2D eigenvalue weighted by Gasteiger charge is 2.25. The number of amides is 1. The minimum atomic E-state index is -0.217. The molecule has 82 valence electrons. The van der Waals surface area contributed by atoms with Crippen LogP contribution in [-0.4, -0.2) is 21.9 Å². The van der Waals surface area contributed by atoms with Crippen LogP contribution in [0, 0.1) is 0 Å². The maximum atomic E-state index is 11.4. The number of nitrogens with zero attached hydrogens (tertiary/aromatic N) is 2. The van der Waals surface area contributed by atoms with E-state index < -0.39 is 0 Å². The van der Waals surface area contributed by atoms with Crippen LogP contribution in [0.5, 0.6) is 0 Å². The highest BCUT2D eigenvalue weighted by molar-refractivity contribution is 7.80. The van der Waals surface area contributed by atoms with Crippen LogP contribution in [0.2, 0.25) is 0 Å². The third kappa shape index (κ3) is 2.17. The van der Waals surface area contributed by atoms with Crippen LogP contribution in [0.15, 0.2) is 35.4 Å². The monoisotopic (exact) mass is 234 g/mol. The van der Waals surface area contributed by atoms with Crippen LogP contribution in [-0.2, 0) is 4.79 Å². The summed E-state index contributed by atoms with van der Waals surface area (Å²) in [6.07, 6.45) is 0.122. The van der Waals surface area contributed by atoms with Crippen molar-refractivity contribution in [1.82, 2.24) is 5.01 Å². The number of anilines is 1. The molecule has 3 N–H and O–H groups in total. The normalized spacial score (nSPS) is 14.9. The van der Waals surface area contributed by atoms with Gasteiger partial charge in [0.1, 0.15) is 5.84 Å². The minimum absolute atomic E-state index is 0.122. The van der Waals surface area contributed by atoms with E-state index in [2.05, 4.69) is 10.4 Å². The Labute approximate surface area is 97.9 Å². The topological polar surface area (TPSA) is 70.7 Å². The number of hydrogen-bond acceptors (Lipinski definition) is 4. The van der Waals surface area contributed by atoms with Crippen molar-refractivity contribution in [2.45, 2.75) is 6.42 Å². The zero-order valence-corrected chi connectivity index (χ0v) is 9.20. The Hall–Kier alpha value is -1.95. The number of hydrogen-bond donors (Lipinski definition) is 2. The van der Waals surface area contributed by atoms with Gasteiger partial charge < -0.3 is 11.1 Å². The van der Waals surface area contributed by atoms with Crippen molar-refractivity contribution in [3.8, 4) is 0 Å². The summed E-state index contributed by atoms with van der Waals surface area (Å²) in [4.78, 5) is 11.4. The van der Waals surface area contributed by atoms with Crippen molar-refractivity contribution in [3.05, 3.63) is 30.3 Å². The molecule has 6 heteroatoms. The minimum Gasteiger partial charge on any atom is -0.385 e. The van der Waals surface area contributed by atoms with Gasteiger partial charge in [-0.05, 0) is 24.4 Å². The number of amidine groups is 1. The smallest absolute Gasteiger partial charge is 0.257 e. The molecule has 1 heterocycles. The van der Waals surface area contributed by atoms with E-state index in [-0.39, 0.29) is 23.3 Å². The zero-order chi connectivity index (χ0) is 11.5. The van der Waals surface area contributed by atoms with Gasteiger partial charge in [0.15, 0.2) is 0 Å². The van der Waals surface area contributed by atoms with E-state index in [0.717, 1.165) is 10.7 Å². The largest absolute Gasteiger partial charge is 0.385 e. The fourth-order valence-electron chi connectivity index (χ4n) is 1.31. The van der Waals surface area contributed by atoms with Gasteiger partial charge in [-0.1, -0.05) is 18.2 Å². The summed E-state index contributed by atoms with van der Waals surface area (Å²) < 4.78 is 0. The number of nitrogens with two attached hydrogens (primary N) is 1. The Morgan fingerprint density at radius 1 is 1.44 bits per heavy atom. The molecule has 1 aliphatic heterocycles. The Bertz CT molecular complexity index is 457. The Kier molecular flexibility index (Phi) is 2.82. The van der Waals surface area contributed by atoms with Gasteiger partial charge in [-0.15, -0.1) is 5.10 Å². The van der Waals surface area contributed by atoms with Crippen molar-refractivity contribution in [2.75, 3.05) is 5.32 Å². The maximum absolute atomic E-state index is 11.4. The number of benzene rings is 1. The molecule has 16 heavy (non-hydrogen) atoms. The van der Waals surface area contributed by atoms with Crippen molar-refractivity contribution in [1.29, 1.82) is 0 Å². The molecule has 0 atom stereocenters. The fraction of sp³-hybridized carbons (Fsp3) is 0.100. The molecule has 0 aromatic heterocycles. The average Bonchev–Trinajstić information content (AvgIpc) is 2.59. The first kappa shape index (κ1) is 10.6. The quantitative estimate of drug-likeness (QED) is 0.708. The molecule has 0 saturated carbocycles. The third-order valence-electron chi connectivity index (χ3n) is 2.01. The number of nitrogens with one attached hydrogen (secondary N) is 1. The summed E-state index contributed by atoms with van der Waals surface area (Å²) in [5.41, 5.74) is 6.25. The predicted octanol–water partition coefficient (Wildman–Crippen LogP) is 0.888. The van der Waals surface area contributed by atoms with Crippen LogP contribution >= 0.6 is 12.2 Å². The van der Waals surface area contributed by atoms with Gasteiger partial charge in [-0.25, -0.2) is 0 Å². The first-order chi connectivity index (χ1) is 7.66. The second-order valence-corrected chi connectivity index (χ2v) is 3.66. The first-order valence-electron chi connectivity index (χ1n) is 4.69. The second-order valence-electron chi connectivity index (χ2n) is 3.27. The molecule has 0 spiro atoms. The number of thiocarbonyl (C=S) groups is 1. The summed E-state index contributed by atoms with van der Waals surface area (Å²) in [6, 6.07) is 9.33. The van der Waals surface area contributed by atoms with Crippen molar-refractivity contribution >= 4 is 34.8 Å². The van der Waals surface area contributed by atoms with Gasteiger partial charge in [0.05, 0.1) is 6.42 Å². The lowest BCUT2D eigenvalue weighted by molar-refractivity contribution is -0.124. The molecule has 0 saturated heterocycles. The highest BCUT2D eigenvalue weighted by atomic mass is 32.1. The average molecular weight is 234 g/mol. The van der Waals surface area contributed by atoms with Crippen LogP contribution in [0.3, 0.4) is 0 Å². The third-order valence-corrected chi connectivity index (χ3v) is 2.29. The van der Waals surface area contributed by atoms with Crippen LogP contribution < -0.4 is 11.1 Å². The molecule has 0 radical (unpaired) electrons. The van der Waals surface area contributed by atoms with Gasteiger partial charge in [0, 0.05) is 5.69 Å². The van der Waals surface area contributed by atoms with E-state index in [0.29, 0.717) is 0 Å². The number of rotatable bonds is 1. The van der Waals surface area contributed by atoms with Crippen LogP contribution in [0.4, 0.5) is 5.69 Å².